The fourth-order valence-corrected chi connectivity index (χ4v) is 8.08. The molecule has 0 aliphatic carbocycles. The van der Waals surface area contributed by atoms with Crippen LogP contribution in [0.1, 0.15) is 83.6 Å². The van der Waals surface area contributed by atoms with E-state index in [0.717, 1.165) is 28.7 Å². The van der Waals surface area contributed by atoms with Crippen molar-refractivity contribution in [2.24, 2.45) is 0 Å². The molecule has 0 N–H and O–H groups in total. The van der Waals surface area contributed by atoms with Crippen LogP contribution in [-0.4, -0.2) is 5.52 Å². The summed E-state index contributed by atoms with van der Waals surface area (Å²) in [6, 6.07) is 19.5. The highest BCUT2D eigenvalue weighted by molar-refractivity contribution is 7.93. The number of rotatable bonds is 11. The first-order valence-corrected chi connectivity index (χ1v) is 14.4. The molecule has 0 bridgehead atoms. The third-order valence-electron chi connectivity index (χ3n) is 6.82. The zero-order valence-electron chi connectivity index (χ0n) is 21.5. The summed E-state index contributed by atoms with van der Waals surface area (Å²) in [5.41, 5.74) is 5.25. The normalized spacial score (nSPS) is 11.6. The van der Waals surface area contributed by atoms with Gasteiger partial charge >= 0.3 is 0 Å². The van der Waals surface area contributed by atoms with Crippen molar-refractivity contribution in [3.8, 4) is 0 Å². The molecule has 0 unspecified atom stereocenters. The Morgan fingerprint density at radius 1 is 0.676 bits per heavy atom. The first kappa shape index (κ1) is 26.2. The molecule has 3 rings (SSSR count). The van der Waals surface area contributed by atoms with E-state index in [1.807, 2.05) is 76.2 Å². The molecule has 0 atom stereocenters. The molecule has 3 heteroatoms. The van der Waals surface area contributed by atoms with Crippen LogP contribution >= 0.6 is 7.14 Å². The molecule has 0 saturated heterocycles. The van der Waals surface area contributed by atoms with Crippen LogP contribution in [0.5, 0.6) is 0 Å². The minimum Gasteiger partial charge on any atom is -0.305 e. The summed E-state index contributed by atoms with van der Waals surface area (Å²) in [6.07, 6.45) is 8.62. The molecule has 0 fully saturated rings. The third kappa shape index (κ3) is 5.61. The summed E-state index contributed by atoms with van der Waals surface area (Å²) in [6.45, 7) is 10.1. The Kier molecular flexibility index (Phi) is 9.09. The second-order valence-electron chi connectivity index (χ2n) is 9.61. The molecule has 0 amide bonds. The van der Waals surface area contributed by atoms with E-state index >= 15 is 0 Å². The summed E-state index contributed by atoms with van der Waals surface area (Å²) in [5.74, 6) is 0. The molecule has 180 valence electrons. The van der Waals surface area contributed by atoms with Gasteiger partial charge in [0.1, 0.15) is 0 Å². The van der Waals surface area contributed by atoms with E-state index in [1.54, 1.807) is 0 Å². The smallest absolute Gasteiger partial charge is 0.230 e. The van der Waals surface area contributed by atoms with Crippen LogP contribution in [-0.2, 0) is 11.0 Å². The Balaban J connectivity index is 1.99. The lowest BCUT2D eigenvalue weighted by atomic mass is 9.97. The number of hydrogen-bond donors (Lipinski definition) is 0. The standard InChI is InChI=1S/C31H39O2P/c1-6-7-8-9-10-11-18-27-21-25(4)30(26(5)22-27)31(32)34(33,28-19-14-12-16-23(28)2)29-20-15-13-17-24(29)3/h12-17,19-22H,6-11,18H2,1-5H3. The van der Waals surface area contributed by atoms with Gasteiger partial charge in [0.15, 0.2) is 0 Å². The molecular formula is C31H39O2P. The van der Waals surface area contributed by atoms with Crippen LogP contribution in [0, 0.1) is 27.7 Å². The number of carbonyl (C=O) groups is 1. The molecule has 34 heavy (non-hydrogen) atoms. The van der Waals surface area contributed by atoms with Gasteiger partial charge in [0, 0.05) is 16.2 Å². The zero-order valence-corrected chi connectivity index (χ0v) is 22.4. The fraction of sp³-hybridized carbons (Fsp3) is 0.387. The van der Waals surface area contributed by atoms with Crippen molar-refractivity contribution in [3.63, 3.8) is 0 Å². The van der Waals surface area contributed by atoms with Gasteiger partial charge in [-0.25, -0.2) is 0 Å². The average molecular weight is 475 g/mol. The highest BCUT2D eigenvalue weighted by Gasteiger charge is 2.39. The maximum Gasteiger partial charge on any atom is 0.230 e. The number of benzene rings is 3. The third-order valence-corrected chi connectivity index (χ3v) is 9.98. The SMILES string of the molecule is CCCCCCCCc1cc(C)c(C(=O)P(=O)(c2ccccc2C)c2ccccc2C)c(C)c1. The second-order valence-corrected chi connectivity index (χ2v) is 12.2. The van der Waals surface area contributed by atoms with Crippen molar-refractivity contribution in [2.75, 3.05) is 0 Å². The van der Waals surface area contributed by atoms with Gasteiger partial charge in [0.2, 0.25) is 12.7 Å². The van der Waals surface area contributed by atoms with Gasteiger partial charge < -0.3 is 4.57 Å². The predicted octanol–water partition coefficient (Wildman–Crippen LogP) is 7.98. The Hall–Kier alpha value is -2.44. The highest BCUT2D eigenvalue weighted by Crippen LogP contribution is 2.49. The summed E-state index contributed by atoms with van der Waals surface area (Å²) in [5, 5.41) is 1.29. The van der Waals surface area contributed by atoms with Gasteiger partial charge in [-0.15, -0.1) is 0 Å². The molecule has 0 aliphatic heterocycles. The minimum atomic E-state index is -3.56. The van der Waals surface area contributed by atoms with E-state index in [0.29, 0.717) is 16.2 Å². The van der Waals surface area contributed by atoms with Crippen molar-refractivity contribution in [3.05, 3.63) is 94.0 Å². The topological polar surface area (TPSA) is 34.1 Å². The van der Waals surface area contributed by atoms with Crippen LogP contribution in [0.15, 0.2) is 60.7 Å². The molecule has 0 radical (unpaired) electrons. The number of unbranched alkanes of at least 4 members (excludes halogenated alkanes) is 5. The lowest BCUT2D eigenvalue weighted by Gasteiger charge is -2.23. The van der Waals surface area contributed by atoms with E-state index in [2.05, 4.69) is 19.1 Å². The molecule has 0 aliphatic rings. The first-order valence-electron chi connectivity index (χ1n) is 12.7. The van der Waals surface area contributed by atoms with Crippen molar-refractivity contribution in [2.45, 2.75) is 79.6 Å². The highest BCUT2D eigenvalue weighted by atomic mass is 31.2. The fourth-order valence-electron chi connectivity index (χ4n) is 4.98. The number of carbonyl (C=O) groups excluding carboxylic acids is 1. The number of hydrogen-bond acceptors (Lipinski definition) is 2. The molecule has 3 aromatic carbocycles. The van der Waals surface area contributed by atoms with Crippen LogP contribution < -0.4 is 10.6 Å². The van der Waals surface area contributed by atoms with Gasteiger partial charge in [-0.3, -0.25) is 4.79 Å². The molecule has 0 saturated carbocycles. The molecule has 2 nitrogen and oxygen atoms in total. The molecule has 0 aromatic heterocycles. The van der Waals surface area contributed by atoms with Gasteiger partial charge in [-0.2, -0.15) is 0 Å². The molecular weight excluding hydrogens is 435 g/mol. The zero-order chi connectivity index (χ0) is 24.7. The molecule has 0 heterocycles. The lowest BCUT2D eigenvalue weighted by Crippen LogP contribution is -2.27. The van der Waals surface area contributed by atoms with E-state index in [-0.39, 0.29) is 5.52 Å². The Morgan fingerprint density at radius 3 is 1.65 bits per heavy atom. The maximum atomic E-state index is 14.9. The van der Waals surface area contributed by atoms with Crippen LogP contribution in [0.25, 0.3) is 0 Å². The van der Waals surface area contributed by atoms with Crippen LogP contribution in [0.2, 0.25) is 0 Å². The van der Waals surface area contributed by atoms with Crippen LogP contribution in [0.3, 0.4) is 0 Å². The van der Waals surface area contributed by atoms with Crippen molar-refractivity contribution in [1.82, 2.24) is 0 Å². The van der Waals surface area contributed by atoms with E-state index in [4.69, 9.17) is 0 Å². The van der Waals surface area contributed by atoms with Crippen LogP contribution in [0.4, 0.5) is 0 Å². The lowest BCUT2D eigenvalue weighted by molar-refractivity contribution is 0.107. The average Bonchev–Trinajstić information content (AvgIpc) is 2.81. The molecule has 0 spiro atoms. The van der Waals surface area contributed by atoms with E-state index in [9.17, 15) is 9.36 Å². The van der Waals surface area contributed by atoms with Gasteiger partial charge in [-0.1, -0.05) is 99.7 Å². The summed E-state index contributed by atoms with van der Waals surface area (Å²) in [7, 11) is -3.56. The van der Waals surface area contributed by atoms with E-state index < -0.39 is 7.14 Å². The summed E-state index contributed by atoms with van der Waals surface area (Å²) >= 11 is 0. The monoisotopic (exact) mass is 474 g/mol. The van der Waals surface area contributed by atoms with Crippen molar-refractivity contribution < 1.29 is 9.36 Å². The number of aryl methyl sites for hydroxylation is 5. The summed E-state index contributed by atoms with van der Waals surface area (Å²) < 4.78 is 14.9. The van der Waals surface area contributed by atoms with Crippen molar-refractivity contribution in [1.29, 1.82) is 0 Å². The Labute approximate surface area is 206 Å². The minimum absolute atomic E-state index is 0.253. The van der Waals surface area contributed by atoms with E-state index in [1.165, 1.54) is 44.1 Å². The largest absolute Gasteiger partial charge is 0.305 e. The molecule has 3 aromatic rings. The summed E-state index contributed by atoms with van der Waals surface area (Å²) in [4.78, 5) is 14.2. The van der Waals surface area contributed by atoms with Gasteiger partial charge in [0.25, 0.3) is 0 Å². The quantitative estimate of drug-likeness (QED) is 0.209. The Morgan fingerprint density at radius 2 is 1.15 bits per heavy atom. The Bertz CT molecular complexity index is 1120. The van der Waals surface area contributed by atoms with Gasteiger partial charge in [-0.05, 0) is 68.4 Å². The predicted molar refractivity (Wildman–Crippen MR) is 147 cm³/mol. The first-order chi connectivity index (χ1) is 16.3. The van der Waals surface area contributed by atoms with Gasteiger partial charge in [0.05, 0.1) is 0 Å². The second kappa shape index (κ2) is 11.8. The maximum absolute atomic E-state index is 14.9. The van der Waals surface area contributed by atoms with Crippen molar-refractivity contribution >= 4 is 23.3 Å².